The van der Waals surface area contributed by atoms with E-state index in [0.29, 0.717) is 13.2 Å². The summed E-state index contributed by atoms with van der Waals surface area (Å²) >= 11 is 0. The highest BCUT2D eigenvalue weighted by atomic mass is 16.5. The van der Waals surface area contributed by atoms with Gasteiger partial charge in [-0.2, -0.15) is 0 Å². The molecule has 0 aliphatic rings. The topological polar surface area (TPSA) is 29.9 Å². The fraction of sp³-hybridized carbons (Fsp3) is 0.520. The summed E-state index contributed by atoms with van der Waals surface area (Å²) in [6, 6.07) is 12.8. The number of aryl methyl sites for hydroxylation is 1. The van der Waals surface area contributed by atoms with Gasteiger partial charge >= 0.3 is 0 Å². The molecule has 5 heteroatoms. The summed E-state index contributed by atoms with van der Waals surface area (Å²) < 4.78 is 14.3. The van der Waals surface area contributed by atoms with E-state index in [-0.39, 0.29) is 0 Å². The molecular formula is C25H37N3O2. The molecule has 164 valence electrons. The molecule has 1 aromatic heterocycles. The normalized spacial score (nSPS) is 11.8. The lowest BCUT2D eigenvalue weighted by Gasteiger charge is -2.18. The maximum absolute atomic E-state index is 6.04. The zero-order valence-corrected chi connectivity index (χ0v) is 19.3. The van der Waals surface area contributed by atoms with Crippen molar-refractivity contribution < 1.29 is 9.47 Å². The summed E-state index contributed by atoms with van der Waals surface area (Å²) in [6.07, 6.45) is 0. The van der Waals surface area contributed by atoms with Gasteiger partial charge in [-0.05, 0) is 50.4 Å². The molecule has 1 heterocycles. The molecule has 0 aliphatic carbocycles. The standard InChI is InChI=1S/C25H37N3O2/c1-6-27(7-2)14-16-29-20-10-12-22-23-13-11-21(30-17-15-28(8-3)9-4)19-25(23)26(5)24(22)18-20/h10-13,18-19H,6-9,14-17H2,1-5H3. The molecule has 3 aromatic rings. The Morgan fingerprint density at radius 3 is 1.43 bits per heavy atom. The van der Waals surface area contributed by atoms with Gasteiger partial charge < -0.3 is 23.8 Å². The molecule has 0 saturated heterocycles. The lowest BCUT2D eigenvalue weighted by Crippen LogP contribution is -2.27. The third-order valence-corrected chi connectivity index (χ3v) is 6.09. The van der Waals surface area contributed by atoms with Crippen LogP contribution >= 0.6 is 0 Å². The Morgan fingerprint density at radius 1 is 0.667 bits per heavy atom. The third-order valence-electron chi connectivity index (χ3n) is 6.09. The lowest BCUT2D eigenvalue weighted by molar-refractivity contribution is 0.223. The van der Waals surface area contributed by atoms with Crippen LogP contribution in [0.3, 0.4) is 0 Å². The number of hydrogen-bond acceptors (Lipinski definition) is 4. The molecule has 0 spiro atoms. The smallest absolute Gasteiger partial charge is 0.121 e. The minimum absolute atomic E-state index is 0.710. The molecule has 5 nitrogen and oxygen atoms in total. The van der Waals surface area contributed by atoms with Gasteiger partial charge in [0.15, 0.2) is 0 Å². The SMILES string of the molecule is CCN(CC)CCOc1ccc2c3ccc(OCCN(CC)CC)cc3n(C)c2c1. The largest absolute Gasteiger partial charge is 0.492 e. The van der Waals surface area contributed by atoms with Gasteiger partial charge in [-0.1, -0.05) is 27.7 Å². The Balaban J connectivity index is 1.74. The van der Waals surface area contributed by atoms with Crippen LogP contribution in [-0.2, 0) is 7.05 Å². The number of likely N-dealkylation sites (N-methyl/N-ethyl adjacent to an activating group) is 2. The Bertz CT molecular complexity index is 867. The van der Waals surface area contributed by atoms with Crippen molar-refractivity contribution in [3.8, 4) is 11.5 Å². The lowest BCUT2D eigenvalue weighted by atomic mass is 10.1. The molecule has 2 aromatic carbocycles. The van der Waals surface area contributed by atoms with E-state index in [1.54, 1.807) is 0 Å². The van der Waals surface area contributed by atoms with Crippen molar-refractivity contribution in [3.05, 3.63) is 36.4 Å². The van der Waals surface area contributed by atoms with Gasteiger partial charge in [0.2, 0.25) is 0 Å². The number of hydrogen-bond donors (Lipinski definition) is 0. The van der Waals surface area contributed by atoms with E-state index in [1.807, 2.05) is 0 Å². The number of rotatable bonds is 12. The summed E-state index contributed by atoms with van der Waals surface area (Å²) in [5, 5.41) is 2.50. The van der Waals surface area contributed by atoms with Crippen molar-refractivity contribution in [2.24, 2.45) is 7.05 Å². The van der Waals surface area contributed by atoms with E-state index in [2.05, 4.69) is 85.5 Å². The predicted molar refractivity (Wildman–Crippen MR) is 127 cm³/mol. The first-order chi connectivity index (χ1) is 14.6. The Morgan fingerprint density at radius 2 is 1.07 bits per heavy atom. The molecule has 0 atom stereocenters. The van der Waals surface area contributed by atoms with E-state index < -0.39 is 0 Å². The minimum Gasteiger partial charge on any atom is -0.492 e. The second-order valence-corrected chi connectivity index (χ2v) is 7.67. The fourth-order valence-corrected chi connectivity index (χ4v) is 4.01. The molecule has 0 aliphatic heterocycles. The van der Waals surface area contributed by atoms with Crippen LogP contribution in [0.5, 0.6) is 11.5 Å². The molecule has 30 heavy (non-hydrogen) atoms. The van der Waals surface area contributed by atoms with E-state index in [9.17, 15) is 0 Å². The van der Waals surface area contributed by atoms with E-state index in [4.69, 9.17) is 9.47 Å². The first-order valence-corrected chi connectivity index (χ1v) is 11.3. The van der Waals surface area contributed by atoms with Crippen LogP contribution < -0.4 is 9.47 Å². The first-order valence-electron chi connectivity index (χ1n) is 11.3. The first kappa shape index (κ1) is 22.4. The molecule has 0 saturated carbocycles. The van der Waals surface area contributed by atoms with Crippen LogP contribution in [0.4, 0.5) is 0 Å². The quantitative estimate of drug-likeness (QED) is 0.429. The zero-order chi connectivity index (χ0) is 21.5. The van der Waals surface area contributed by atoms with Gasteiger partial charge in [0.05, 0.1) is 11.0 Å². The van der Waals surface area contributed by atoms with Gasteiger partial charge in [0.1, 0.15) is 24.7 Å². The van der Waals surface area contributed by atoms with E-state index >= 15 is 0 Å². The maximum atomic E-state index is 6.04. The highest BCUT2D eigenvalue weighted by Gasteiger charge is 2.11. The van der Waals surface area contributed by atoms with E-state index in [1.165, 1.54) is 21.8 Å². The van der Waals surface area contributed by atoms with Gasteiger partial charge in [-0.3, -0.25) is 0 Å². The average Bonchev–Trinajstić information content (AvgIpc) is 3.05. The molecule has 0 amide bonds. The Hall–Kier alpha value is -2.24. The van der Waals surface area contributed by atoms with Gasteiger partial charge in [-0.15, -0.1) is 0 Å². The number of aromatic nitrogens is 1. The molecule has 0 fully saturated rings. The predicted octanol–water partition coefficient (Wildman–Crippen LogP) is 4.77. The highest BCUT2D eigenvalue weighted by Crippen LogP contribution is 2.32. The van der Waals surface area contributed by atoms with Crippen molar-refractivity contribution in [1.82, 2.24) is 14.4 Å². The van der Waals surface area contributed by atoms with Gasteiger partial charge in [0.25, 0.3) is 0 Å². The summed E-state index contributed by atoms with van der Waals surface area (Å²) in [6.45, 7) is 16.3. The van der Waals surface area contributed by atoms with Crippen molar-refractivity contribution in [3.63, 3.8) is 0 Å². The summed E-state index contributed by atoms with van der Waals surface area (Å²) in [4.78, 5) is 4.74. The highest BCUT2D eigenvalue weighted by molar-refractivity contribution is 6.08. The van der Waals surface area contributed by atoms with Crippen LogP contribution in [0.2, 0.25) is 0 Å². The second kappa shape index (κ2) is 10.7. The van der Waals surface area contributed by atoms with Crippen LogP contribution in [0.25, 0.3) is 21.8 Å². The van der Waals surface area contributed by atoms with Crippen LogP contribution in [0.15, 0.2) is 36.4 Å². The molecule has 3 rings (SSSR count). The fourth-order valence-electron chi connectivity index (χ4n) is 4.01. The summed E-state index contributed by atoms with van der Waals surface area (Å²) in [5.41, 5.74) is 2.37. The van der Waals surface area contributed by atoms with Crippen molar-refractivity contribution in [1.29, 1.82) is 0 Å². The number of fused-ring (bicyclic) bond motifs is 3. The van der Waals surface area contributed by atoms with Crippen molar-refractivity contribution >= 4 is 21.8 Å². The number of benzene rings is 2. The summed E-state index contributed by atoms with van der Waals surface area (Å²) in [5.74, 6) is 1.85. The van der Waals surface area contributed by atoms with Crippen LogP contribution in [0, 0.1) is 0 Å². The van der Waals surface area contributed by atoms with Gasteiger partial charge in [-0.25, -0.2) is 0 Å². The van der Waals surface area contributed by atoms with Crippen molar-refractivity contribution in [2.45, 2.75) is 27.7 Å². The molecule has 0 N–H and O–H groups in total. The molecular weight excluding hydrogens is 374 g/mol. The minimum atomic E-state index is 0.710. The number of nitrogens with zero attached hydrogens (tertiary/aromatic N) is 3. The number of ether oxygens (including phenoxy) is 2. The van der Waals surface area contributed by atoms with Crippen LogP contribution in [-0.4, -0.2) is 66.8 Å². The monoisotopic (exact) mass is 411 g/mol. The van der Waals surface area contributed by atoms with Gasteiger partial charge in [0, 0.05) is 43.0 Å². The third kappa shape index (κ3) is 5.08. The molecule has 0 radical (unpaired) electrons. The maximum Gasteiger partial charge on any atom is 0.121 e. The van der Waals surface area contributed by atoms with E-state index in [0.717, 1.165) is 50.8 Å². The van der Waals surface area contributed by atoms with Crippen LogP contribution in [0.1, 0.15) is 27.7 Å². The average molecular weight is 412 g/mol. The molecule has 0 unspecified atom stereocenters. The Labute approximate surface area is 181 Å². The zero-order valence-electron chi connectivity index (χ0n) is 19.3. The van der Waals surface area contributed by atoms with Crippen molar-refractivity contribution in [2.75, 3.05) is 52.5 Å². The molecule has 0 bridgehead atoms. The Kier molecular flexibility index (Phi) is 8.00. The second-order valence-electron chi connectivity index (χ2n) is 7.67. The summed E-state index contributed by atoms with van der Waals surface area (Å²) in [7, 11) is 2.12.